The van der Waals surface area contributed by atoms with Gasteiger partial charge >= 0.3 is 0 Å². The summed E-state index contributed by atoms with van der Waals surface area (Å²) in [5.74, 6) is 0.154. The van der Waals surface area contributed by atoms with Gasteiger partial charge in [0.15, 0.2) is 0 Å². The zero-order valence-corrected chi connectivity index (χ0v) is 9.23. The topological polar surface area (TPSA) is 20.2 Å². The largest absolute Gasteiger partial charge is 0.509 e. The maximum absolute atomic E-state index is 8.92. The molecule has 0 heterocycles. The van der Waals surface area contributed by atoms with E-state index in [1.165, 1.54) is 24.8 Å². The molecule has 0 rings (SSSR count). The summed E-state index contributed by atoms with van der Waals surface area (Å²) in [5, 5.41) is 9.75. The van der Waals surface area contributed by atoms with Crippen LogP contribution in [-0.2, 0) is 0 Å². The van der Waals surface area contributed by atoms with Crippen molar-refractivity contribution in [3.63, 3.8) is 0 Å². The molecule has 0 aromatic rings. The predicted octanol–water partition coefficient (Wildman–Crippen LogP) is 3.96. The number of aliphatic hydroxyl groups is 1. The zero-order valence-electron chi connectivity index (χ0n) is 7.65. The minimum Gasteiger partial charge on any atom is -0.509 e. The van der Waals surface area contributed by atoms with E-state index in [1.54, 1.807) is 6.08 Å². The van der Waals surface area contributed by atoms with E-state index >= 15 is 0 Å². The molecule has 1 N–H and O–H groups in total. The molecule has 0 aliphatic carbocycles. The Morgan fingerprint density at radius 1 is 1.50 bits per heavy atom. The van der Waals surface area contributed by atoms with Crippen LogP contribution in [0.25, 0.3) is 0 Å². The average Bonchev–Trinajstić information content (AvgIpc) is 2.02. The molecule has 0 bridgehead atoms. The van der Waals surface area contributed by atoms with Gasteiger partial charge in [-0.1, -0.05) is 47.8 Å². The first kappa shape index (κ1) is 11.8. The number of alkyl halides is 1. The summed E-state index contributed by atoms with van der Waals surface area (Å²) in [6, 6.07) is 0. The fraction of sp³-hybridized carbons (Fsp3) is 0.600. The summed E-state index contributed by atoms with van der Waals surface area (Å²) < 4.78 is 0. The molecule has 0 aromatic carbocycles. The number of halogens is 1. The Kier molecular flexibility index (Phi) is 7.26. The van der Waals surface area contributed by atoms with E-state index < -0.39 is 0 Å². The highest BCUT2D eigenvalue weighted by atomic mass is 79.9. The number of hydrogen-bond donors (Lipinski definition) is 1. The van der Waals surface area contributed by atoms with Gasteiger partial charge in [-0.05, 0) is 18.9 Å². The molecule has 0 radical (unpaired) electrons. The first-order chi connectivity index (χ1) is 5.70. The fourth-order valence-electron chi connectivity index (χ4n) is 1.02. The number of aliphatic hydroxyl groups excluding tert-OH is 1. The first-order valence-corrected chi connectivity index (χ1v) is 5.46. The molecule has 2 heteroatoms. The third kappa shape index (κ3) is 6.47. The summed E-state index contributed by atoms with van der Waals surface area (Å²) in [7, 11) is 0. The quantitative estimate of drug-likeness (QED) is 0.318. The van der Waals surface area contributed by atoms with Crippen molar-refractivity contribution in [3.05, 3.63) is 24.0 Å². The van der Waals surface area contributed by atoms with Gasteiger partial charge in [-0.25, -0.2) is 0 Å². The standard InChI is InChI=1S/C10H17BrO/c1-3-4-5-6-10(8-11)7-9(2)12/h7,12H,2-6,8H2,1H3/b10-7-. The van der Waals surface area contributed by atoms with E-state index in [2.05, 4.69) is 29.4 Å². The highest BCUT2D eigenvalue weighted by Crippen LogP contribution is 2.12. The van der Waals surface area contributed by atoms with Gasteiger partial charge in [0.1, 0.15) is 5.76 Å². The Morgan fingerprint density at radius 3 is 2.58 bits per heavy atom. The van der Waals surface area contributed by atoms with E-state index in [4.69, 9.17) is 5.11 Å². The first-order valence-electron chi connectivity index (χ1n) is 4.34. The molecule has 0 amide bonds. The van der Waals surface area contributed by atoms with Gasteiger partial charge in [0.25, 0.3) is 0 Å². The second-order valence-electron chi connectivity index (χ2n) is 2.88. The molecule has 0 aromatic heterocycles. The normalized spacial score (nSPS) is 11.7. The van der Waals surface area contributed by atoms with E-state index in [-0.39, 0.29) is 5.76 Å². The average molecular weight is 233 g/mol. The Balaban J connectivity index is 3.75. The molecule has 70 valence electrons. The molecule has 0 spiro atoms. The van der Waals surface area contributed by atoms with Crippen molar-refractivity contribution in [2.75, 3.05) is 5.33 Å². The minimum absolute atomic E-state index is 0.154. The summed E-state index contributed by atoms with van der Waals surface area (Å²) in [5.41, 5.74) is 1.22. The van der Waals surface area contributed by atoms with Crippen LogP contribution < -0.4 is 0 Å². The molecule has 0 aliphatic heterocycles. The van der Waals surface area contributed by atoms with Crippen LogP contribution in [0.2, 0.25) is 0 Å². The van der Waals surface area contributed by atoms with Crippen LogP contribution in [0.1, 0.15) is 32.6 Å². The number of hydrogen-bond acceptors (Lipinski definition) is 1. The second-order valence-corrected chi connectivity index (χ2v) is 3.45. The highest BCUT2D eigenvalue weighted by molar-refractivity contribution is 9.09. The lowest BCUT2D eigenvalue weighted by Gasteiger charge is -2.02. The number of unbranched alkanes of at least 4 members (excludes halogenated alkanes) is 2. The molecule has 0 saturated carbocycles. The van der Waals surface area contributed by atoms with Crippen molar-refractivity contribution in [1.29, 1.82) is 0 Å². The van der Waals surface area contributed by atoms with Gasteiger partial charge in [-0.15, -0.1) is 0 Å². The molecular formula is C10H17BrO. The molecule has 1 nitrogen and oxygen atoms in total. The molecule has 0 fully saturated rings. The van der Waals surface area contributed by atoms with Crippen molar-refractivity contribution in [3.8, 4) is 0 Å². The lowest BCUT2D eigenvalue weighted by molar-refractivity contribution is 0.434. The minimum atomic E-state index is 0.154. The Bertz CT molecular complexity index is 161. The molecule has 0 unspecified atom stereocenters. The van der Waals surface area contributed by atoms with Crippen molar-refractivity contribution < 1.29 is 5.11 Å². The lowest BCUT2D eigenvalue weighted by Crippen LogP contribution is -1.87. The van der Waals surface area contributed by atoms with Crippen LogP contribution in [0.15, 0.2) is 24.0 Å². The van der Waals surface area contributed by atoms with Crippen molar-refractivity contribution in [2.24, 2.45) is 0 Å². The van der Waals surface area contributed by atoms with E-state index in [0.29, 0.717) is 0 Å². The predicted molar refractivity (Wildman–Crippen MR) is 57.8 cm³/mol. The van der Waals surface area contributed by atoms with E-state index in [0.717, 1.165) is 11.8 Å². The number of rotatable bonds is 6. The second kappa shape index (κ2) is 7.41. The maximum Gasteiger partial charge on any atom is 0.108 e. The van der Waals surface area contributed by atoms with Crippen molar-refractivity contribution >= 4 is 15.9 Å². The zero-order chi connectivity index (χ0) is 9.40. The fourth-order valence-corrected chi connectivity index (χ4v) is 1.46. The van der Waals surface area contributed by atoms with Crippen LogP contribution in [0.5, 0.6) is 0 Å². The summed E-state index contributed by atoms with van der Waals surface area (Å²) in [6.45, 7) is 5.61. The Morgan fingerprint density at radius 2 is 2.17 bits per heavy atom. The van der Waals surface area contributed by atoms with Crippen molar-refractivity contribution in [1.82, 2.24) is 0 Å². The van der Waals surface area contributed by atoms with Crippen molar-refractivity contribution in [2.45, 2.75) is 32.6 Å². The number of allylic oxidation sites excluding steroid dienone is 2. The molecular weight excluding hydrogens is 216 g/mol. The van der Waals surface area contributed by atoms with Crippen LogP contribution in [-0.4, -0.2) is 10.4 Å². The van der Waals surface area contributed by atoms with Gasteiger partial charge < -0.3 is 5.11 Å². The van der Waals surface area contributed by atoms with E-state index in [1.807, 2.05) is 0 Å². The van der Waals surface area contributed by atoms with Gasteiger partial charge in [-0.2, -0.15) is 0 Å². The summed E-state index contributed by atoms with van der Waals surface area (Å²) in [6.07, 6.45) is 6.47. The summed E-state index contributed by atoms with van der Waals surface area (Å²) >= 11 is 3.38. The molecule has 0 saturated heterocycles. The molecule has 0 atom stereocenters. The van der Waals surface area contributed by atoms with Crippen LogP contribution in [0, 0.1) is 0 Å². The van der Waals surface area contributed by atoms with Gasteiger partial charge in [0.2, 0.25) is 0 Å². The Labute approximate surface area is 83.3 Å². The highest BCUT2D eigenvalue weighted by Gasteiger charge is 1.95. The molecule has 0 aliphatic rings. The SMILES string of the molecule is C=C(O)/C=C(\CBr)CCCCC. The van der Waals surface area contributed by atoms with Gasteiger partial charge in [0, 0.05) is 5.33 Å². The Hall–Kier alpha value is -0.240. The third-order valence-corrected chi connectivity index (χ3v) is 2.36. The lowest BCUT2D eigenvalue weighted by atomic mass is 10.1. The van der Waals surface area contributed by atoms with Crippen LogP contribution in [0.3, 0.4) is 0 Å². The van der Waals surface area contributed by atoms with Crippen LogP contribution >= 0.6 is 15.9 Å². The monoisotopic (exact) mass is 232 g/mol. The van der Waals surface area contributed by atoms with Gasteiger partial charge in [-0.3, -0.25) is 0 Å². The third-order valence-electron chi connectivity index (χ3n) is 1.64. The van der Waals surface area contributed by atoms with Crippen LogP contribution in [0.4, 0.5) is 0 Å². The van der Waals surface area contributed by atoms with Gasteiger partial charge in [0.05, 0.1) is 0 Å². The smallest absolute Gasteiger partial charge is 0.108 e. The van der Waals surface area contributed by atoms with E-state index in [9.17, 15) is 0 Å². The molecule has 12 heavy (non-hydrogen) atoms. The summed E-state index contributed by atoms with van der Waals surface area (Å²) in [4.78, 5) is 0. The maximum atomic E-state index is 8.92.